The Balaban J connectivity index is 1.46. The third-order valence-electron chi connectivity index (χ3n) is 11.1. The van der Waals surface area contributed by atoms with Crippen LogP contribution in [0.4, 0.5) is 0 Å². The molecular weight excluding hydrogens is 665 g/mol. The highest BCUT2D eigenvalue weighted by Gasteiger charge is 2.51. The van der Waals surface area contributed by atoms with Crippen LogP contribution in [-0.2, 0) is 31.1 Å². The first kappa shape index (κ1) is 39.8. The zero-order chi connectivity index (χ0) is 37.6. The quantitative estimate of drug-likeness (QED) is 0.122. The Morgan fingerprint density at radius 2 is 1.38 bits per heavy atom. The van der Waals surface area contributed by atoms with Crippen LogP contribution in [0.1, 0.15) is 87.3 Å². The predicted octanol–water partition coefficient (Wildman–Crippen LogP) is 4.35. The van der Waals surface area contributed by atoms with Gasteiger partial charge in [-0.1, -0.05) is 123 Å². The van der Waals surface area contributed by atoms with E-state index in [2.05, 4.69) is 16.0 Å². The second kappa shape index (κ2) is 19.6. The number of amides is 3. The van der Waals surface area contributed by atoms with Gasteiger partial charge >= 0.3 is 0 Å². The highest BCUT2D eigenvalue weighted by atomic mass is 16.2. The number of likely N-dealkylation sites (tertiary alicyclic amines) is 1. The standard InChI is InChI=1S/C43H58N6O4/c1-46-37(30-32-19-8-3-9-20-32)41(52)47-36(25-14-15-27-44)42(53)49-28-16-26-38(49)39(50)43(33-21-10-4-11-22-33,34-23-12-5-13-24-34)48-40(51)35(45)29-31-17-6-2-7-18-31/h3-5,8-13,19-24,31,35-38,46H,2,6-7,14-18,25-30,44-45H2,1H3,(H,47,52)(H,48,51)/t35-,36+,37+,38+/m1/s1. The molecule has 1 saturated heterocycles. The number of likely N-dealkylation sites (N-methyl/N-ethyl adjacent to an activating group) is 1. The highest BCUT2D eigenvalue weighted by molar-refractivity contribution is 6.03. The summed E-state index contributed by atoms with van der Waals surface area (Å²) in [6.07, 6.45) is 9.32. The maximum Gasteiger partial charge on any atom is 0.245 e. The van der Waals surface area contributed by atoms with Crippen molar-refractivity contribution in [2.75, 3.05) is 20.1 Å². The van der Waals surface area contributed by atoms with Gasteiger partial charge in [-0.15, -0.1) is 0 Å². The Kier molecular flexibility index (Phi) is 14.7. The summed E-state index contributed by atoms with van der Waals surface area (Å²) in [4.78, 5) is 59.6. The fourth-order valence-corrected chi connectivity index (χ4v) is 8.15. The third-order valence-corrected chi connectivity index (χ3v) is 11.1. The molecule has 3 aromatic carbocycles. The number of rotatable bonds is 18. The molecule has 0 bridgehead atoms. The Bertz CT molecular complexity index is 1580. The molecule has 10 nitrogen and oxygen atoms in total. The van der Waals surface area contributed by atoms with Crippen LogP contribution < -0.4 is 27.4 Å². The van der Waals surface area contributed by atoms with Gasteiger partial charge in [0, 0.05) is 6.54 Å². The summed E-state index contributed by atoms with van der Waals surface area (Å²) in [5, 5.41) is 9.34. The number of nitrogens with zero attached hydrogens (tertiary/aromatic N) is 1. The smallest absolute Gasteiger partial charge is 0.245 e. The van der Waals surface area contributed by atoms with Gasteiger partial charge in [-0.25, -0.2) is 0 Å². The number of benzene rings is 3. The SMILES string of the molecule is CN[C@@H](Cc1ccccc1)C(=O)N[C@@H](CCCCN)C(=O)N1CCC[C@H]1C(=O)C(NC(=O)[C@H](N)CC1CCCCC1)(c1ccccc1)c1ccccc1. The van der Waals surface area contributed by atoms with Crippen LogP contribution in [-0.4, -0.2) is 72.7 Å². The number of unbranched alkanes of at least 4 members (excludes halogenated alkanes) is 1. The van der Waals surface area contributed by atoms with Gasteiger partial charge in [0.15, 0.2) is 11.3 Å². The molecule has 3 aromatic rings. The molecule has 1 aliphatic heterocycles. The van der Waals surface area contributed by atoms with Crippen LogP contribution in [0.2, 0.25) is 0 Å². The number of hydrogen-bond donors (Lipinski definition) is 5. The largest absolute Gasteiger partial charge is 0.343 e. The predicted molar refractivity (Wildman–Crippen MR) is 209 cm³/mol. The van der Waals surface area contributed by atoms with E-state index in [9.17, 15) is 14.4 Å². The van der Waals surface area contributed by atoms with Crippen LogP contribution in [0.5, 0.6) is 0 Å². The molecule has 0 aromatic heterocycles. The number of nitrogens with two attached hydrogens (primary N) is 2. The minimum atomic E-state index is -1.61. The number of Topliss-reactive ketones (excluding diaryl/α,β-unsaturated/α-hetero) is 1. The monoisotopic (exact) mass is 722 g/mol. The Morgan fingerprint density at radius 3 is 1.96 bits per heavy atom. The average molecular weight is 723 g/mol. The Morgan fingerprint density at radius 1 is 0.774 bits per heavy atom. The fourth-order valence-electron chi connectivity index (χ4n) is 8.15. The second-order valence-corrected chi connectivity index (χ2v) is 14.7. The third kappa shape index (κ3) is 9.99. The first-order valence-electron chi connectivity index (χ1n) is 19.5. The number of nitrogens with one attached hydrogen (secondary N) is 3. The summed E-state index contributed by atoms with van der Waals surface area (Å²) in [5.74, 6) is -0.922. The van der Waals surface area contributed by atoms with E-state index in [4.69, 9.17) is 11.5 Å². The molecule has 0 unspecified atom stereocenters. The summed E-state index contributed by atoms with van der Waals surface area (Å²) < 4.78 is 0. The van der Waals surface area contributed by atoms with Gasteiger partial charge in [-0.2, -0.15) is 0 Å². The van der Waals surface area contributed by atoms with Gasteiger partial charge in [-0.3, -0.25) is 19.2 Å². The van der Waals surface area contributed by atoms with E-state index in [0.29, 0.717) is 75.1 Å². The van der Waals surface area contributed by atoms with Crippen molar-refractivity contribution in [3.05, 3.63) is 108 Å². The van der Waals surface area contributed by atoms with E-state index in [-0.39, 0.29) is 17.6 Å². The molecule has 2 fully saturated rings. The maximum atomic E-state index is 15.4. The fraction of sp³-hybridized carbons (Fsp3) is 0.488. The first-order chi connectivity index (χ1) is 25.8. The van der Waals surface area contributed by atoms with Gasteiger partial charge < -0.3 is 32.3 Å². The lowest BCUT2D eigenvalue weighted by molar-refractivity contribution is -0.143. The summed E-state index contributed by atoms with van der Waals surface area (Å²) in [6, 6.07) is 25.2. The van der Waals surface area contributed by atoms with E-state index in [1.165, 1.54) is 6.42 Å². The summed E-state index contributed by atoms with van der Waals surface area (Å²) >= 11 is 0. The zero-order valence-corrected chi connectivity index (χ0v) is 31.2. The minimum Gasteiger partial charge on any atom is -0.343 e. The lowest BCUT2D eigenvalue weighted by Crippen LogP contribution is -2.62. The van der Waals surface area contributed by atoms with Crippen LogP contribution in [0, 0.1) is 5.92 Å². The minimum absolute atomic E-state index is 0.286. The molecule has 7 N–H and O–H groups in total. The molecule has 3 amide bonds. The first-order valence-corrected chi connectivity index (χ1v) is 19.5. The zero-order valence-electron chi connectivity index (χ0n) is 31.2. The molecular formula is C43H58N6O4. The molecule has 10 heteroatoms. The van der Waals surface area contributed by atoms with E-state index < -0.39 is 35.6 Å². The number of ketones is 1. The molecule has 4 atom stereocenters. The average Bonchev–Trinajstić information content (AvgIpc) is 3.69. The summed E-state index contributed by atoms with van der Waals surface area (Å²) in [7, 11) is 1.73. The van der Waals surface area contributed by atoms with E-state index >= 15 is 4.79 Å². The summed E-state index contributed by atoms with van der Waals surface area (Å²) in [6.45, 7) is 0.818. The number of hydrogen-bond acceptors (Lipinski definition) is 7. The van der Waals surface area contributed by atoms with Crippen LogP contribution in [0.15, 0.2) is 91.0 Å². The highest BCUT2D eigenvalue weighted by Crippen LogP contribution is 2.36. The number of carbonyl (C=O) groups excluding carboxylic acids is 4. The van der Waals surface area contributed by atoms with Crippen LogP contribution >= 0.6 is 0 Å². The van der Waals surface area contributed by atoms with Crippen molar-refractivity contribution < 1.29 is 19.2 Å². The van der Waals surface area contributed by atoms with Crippen molar-refractivity contribution in [3.63, 3.8) is 0 Å². The second-order valence-electron chi connectivity index (χ2n) is 14.7. The Hall–Kier alpha value is -4.38. The molecule has 1 heterocycles. The van der Waals surface area contributed by atoms with Crippen molar-refractivity contribution >= 4 is 23.5 Å². The summed E-state index contributed by atoms with van der Waals surface area (Å²) in [5.41, 5.74) is 13.0. The van der Waals surface area contributed by atoms with Crippen molar-refractivity contribution in [3.8, 4) is 0 Å². The molecule has 53 heavy (non-hydrogen) atoms. The van der Waals surface area contributed by atoms with Crippen LogP contribution in [0.25, 0.3) is 0 Å². The van der Waals surface area contributed by atoms with Gasteiger partial charge in [0.1, 0.15) is 6.04 Å². The van der Waals surface area contributed by atoms with E-state index in [0.717, 1.165) is 31.2 Å². The van der Waals surface area contributed by atoms with Crippen molar-refractivity contribution in [1.82, 2.24) is 20.9 Å². The van der Waals surface area contributed by atoms with Crippen molar-refractivity contribution in [2.45, 2.75) is 107 Å². The lowest BCUT2D eigenvalue weighted by Gasteiger charge is -2.40. The lowest BCUT2D eigenvalue weighted by atomic mass is 9.75. The van der Waals surface area contributed by atoms with E-state index in [1.807, 2.05) is 91.0 Å². The van der Waals surface area contributed by atoms with Crippen molar-refractivity contribution in [1.29, 1.82) is 0 Å². The molecule has 5 rings (SSSR count). The van der Waals surface area contributed by atoms with Gasteiger partial charge in [0.2, 0.25) is 17.7 Å². The van der Waals surface area contributed by atoms with Gasteiger partial charge in [-0.05, 0) is 81.1 Å². The molecule has 284 valence electrons. The van der Waals surface area contributed by atoms with Gasteiger partial charge in [0.25, 0.3) is 0 Å². The maximum absolute atomic E-state index is 15.4. The van der Waals surface area contributed by atoms with Crippen molar-refractivity contribution in [2.24, 2.45) is 17.4 Å². The van der Waals surface area contributed by atoms with E-state index in [1.54, 1.807) is 11.9 Å². The Labute approximate surface area is 314 Å². The molecule has 1 saturated carbocycles. The normalized spacial score (nSPS) is 18.2. The molecule has 2 aliphatic rings. The van der Waals surface area contributed by atoms with Crippen LogP contribution in [0.3, 0.4) is 0 Å². The number of carbonyl (C=O) groups is 4. The molecule has 0 radical (unpaired) electrons. The van der Waals surface area contributed by atoms with Gasteiger partial charge in [0.05, 0.1) is 18.1 Å². The molecule has 0 spiro atoms. The molecule has 1 aliphatic carbocycles. The topological polar surface area (TPSA) is 160 Å².